The molecule has 2 amide bonds. The van der Waals surface area contributed by atoms with Crippen LogP contribution in [-0.2, 0) is 0 Å². The third-order valence-electron chi connectivity index (χ3n) is 6.16. The molecule has 0 aliphatic heterocycles. The fraction of sp³-hybridized carbons (Fsp3) is 0.241. The molecule has 0 unspecified atom stereocenters. The molecule has 7 nitrogen and oxygen atoms in total. The number of methoxy groups -OCH3 is 1. The van der Waals surface area contributed by atoms with Crippen molar-refractivity contribution < 1.29 is 36.3 Å². The molecule has 0 bridgehead atoms. The normalized spacial score (nSPS) is 11.4. The summed E-state index contributed by atoms with van der Waals surface area (Å²) in [4.78, 5) is 25.8. The molecule has 0 fully saturated rings. The van der Waals surface area contributed by atoms with Gasteiger partial charge in [0.05, 0.1) is 18.2 Å². The second-order valence-corrected chi connectivity index (χ2v) is 8.93. The number of fused-ring (bicyclic) bond motifs is 1. The van der Waals surface area contributed by atoms with Crippen molar-refractivity contribution in [3.05, 3.63) is 71.5 Å². The summed E-state index contributed by atoms with van der Waals surface area (Å²) in [6.45, 7) is 0.990. The molecule has 0 aliphatic rings. The van der Waals surface area contributed by atoms with Crippen LogP contribution in [0.5, 0.6) is 5.75 Å². The Morgan fingerprint density at radius 1 is 0.975 bits per heavy atom. The molecule has 0 radical (unpaired) electrons. The molecule has 4 rings (SSSR count). The van der Waals surface area contributed by atoms with Gasteiger partial charge in [-0.3, -0.25) is 9.59 Å². The van der Waals surface area contributed by atoms with Crippen LogP contribution in [0.3, 0.4) is 0 Å². The van der Waals surface area contributed by atoms with Gasteiger partial charge in [0, 0.05) is 41.9 Å². The van der Waals surface area contributed by atoms with Crippen LogP contribution in [0.15, 0.2) is 59.0 Å². The van der Waals surface area contributed by atoms with Crippen LogP contribution in [0.2, 0.25) is 0 Å². The van der Waals surface area contributed by atoms with E-state index in [1.807, 2.05) is 6.92 Å². The Hall–Kier alpha value is -4.54. The Kier molecular flexibility index (Phi) is 8.32. The lowest BCUT2D eigenvalue weighted by Gasteiger charge is -2.16. The van der Waals surface area contributed by atoms with Gasteiger partial charge in [-0.1, -0.05) is 13.0 Å². The molecule has 1 heterocycles. The first kappa shape index (κ1) is 28.5. The van der Waals surface area contributed by atoms with Crippen molar-refractivity contribution in [3.63, 3.8) is 0 Å². The molecular formula is C29H27F4N3O4. The van der Waals surface area contributed by atoms with E-state index in [0.29, 0.717) is 35.0 Å². The van der Waals surface area contributed by atoms with Crippen molar-refractivity contribution in [2.75, 3.05) is 32.6 Å². The Morgan fingerprint density at radius 2 is 1.68 bits per heavy atom. The van der Waals surface area contributed by atoms with Gasteiger partial charge in [-0.15, -0.1) is 0 Å². The van der Waals surface area contributed by atoms with E-state index in [1.54, 1.807) is 12.1 Å². The third kappa shape index (κ3) is 6.03. The first-order valence-corrected chi connectivity index (χ1v) is 12.4. The molecule has 210 valence electrons. The molecule has 0 aliphatic carbocycles. The lowest BCUT2D eigenvalue weighted by molar-refractivity contribution is -0.115. The molecule has 3 N–H and O–H groups in total. The zero-order valence-corrected chi connectivity index (χ0v) is 22.0. The number of carbonyl (C=O) groups is 2. The Morgan fingerprint density at radius 3 is 2.30 bits per heavy atom. The minimum atomic E-state index is -4.52. The molecule has 11 heteroatoms. The molecule has 40 heavy (non-hydrogen) atoms. The van der Waals surface area contributed by atoms with Crippen LogP contribution in [0.25, 0.3) is 33.4 Å². The number of alkyl halides is 3. The third-order valence-corrected chi connectivity index (χ3v) is 6.16. The summed E-state index contributed by atoms with van der Waals surface area (Å²) in [6, 6.07) is 12.9. The van der Waals surface area contributed by atoms with E-state index >= 15 is 0 Å². The number of amides is 2. The molecule has 0 spiro atoms. The maximum atomic E-state index is 13.6. The van der Waals surface area contributed by atoms with Gasteiger partial charge >= 0.3 is 6.18 Å². The van der Waals surface area contributed by atoms with E-state index in [2.05, 4.69) is 16.0 Å². The van der Waals surface area contributed by atoms with Crippen LogP contribution in [0.4, 0.5) is 23.2 Å². The average molecular weight is 558 g/mol. The monoisotopic (exact) mass is 557 g/mol. The Balaban J connectivity index is 1.96. The largest absolute Gasteiger partial charge is 0.496 e. The topological polar surface area (TPSA) is 92.6 Å². The van der Waals surface area contributed by atoms with Gasteiger partial charge in [0.15, 0.2) is 0 Å². The number of hydrogen-bond acceptors (Lipinski definition) is 5. The van der Waals surface area contributed by atoms with E-state index in [1.165, 1.54) is 56.6 Å². The number of anilines is 1. The highest BCUT2D eigenvalue weighted by molar-refractivity contribution is 6.13. The number of hydrogen-bond donors (Lipinski definition) is 3. The Bertz CT molecular complexity index is 1550. The molecular weight excluding hydrogens is 530 g/mol. The zero-order chi connectivity index (χ0) is 29.0. The first-order valence-electron chi connectivity index (χ1n) is 12.4. The Labute approximate surface area is 227 Å². The van der Waals surface area contributed by atoms with Crippen molar-refractivity contribution in [1.29, 1.82) is 0 Å². The van der Waals surface area contributed by atoms with Crippen LogP contribution in [0, 0.1) is 5.82 Å². The highest BCUT2D eigenvalue weighted by atomic mass is 19.4. The van der Waals surface area contributed by atoms with Crippen molar-refractivity contribution >= 4 is 28.5 Å². The quantitative estimate of drug-likeness (QED) is 0.208. The molecule has 3 aromatic carbocycles. The van der Waals surface area contributed by atoms with Gasteiger partial charge in [-0.2, -0.15) is 13.2 Å². The van der Waals surface area contributed by atoms with Gasteiger partial charge in [0.25, 0.3) is 11.8 Å². The number of nitrogens with one attached hydrogen (secondary N) is 3. The molecule has 1 aromatic heterocycles. The van der Waals surface area contributed by atoms with E-state index in [9.17, 15) is 27.2 Å². The highest BCUT2D eigenvalue weighted by Crippen LogP contribution is 2.41. The van der Waals surface area contributed by atoms with Gasteiger partial charge in [-0.05, 0) is 54.4 Å². The standard InChI is InChI=1S/C29H27F4N3O4/c1-4-11-35-27(37)21-12-17(7-10-23(21)39-3)19-13-20-24(14-22(19)36-15-29(31,32)33)40-26(25(20)28(38)34-2)16-5-8-18(30)9-6-16/h5-10,12-14,36H,4,11,15H2,1-3H3,(H,34,38)(H,35,37). The first-order chi connectivity index (χ1) is 19.1. The number of carbonyl (C=O) groups excluding carboxylic acids is 2. The minimum Gasteiger partial charge on any atom is -0.496 e. The summed E-state index contributed by atoms with van der Waals surface area (Å²) in [5.74, 6) is -0.979. The van der Waals surface area contributed by atoms with E-state index in [0.717, 1.165) is 0 Å². The van der Waals surface area contributed by atoms with Crippen LogP contribution in [0.1, 0.15) is 34.1 Å². The average Bonchev–Trinajstić information content (AvgIpc) is 3.31. The maximum absolute atomic E-state index is 13.6. The van der Waals surface area contributed by atoms with E-state index in [4.69, 9.17) is 9.15 Å². The number of ether oxygens (including phenoxy) is 1. The van der Waals surface area contributed by atoms with Crippen molar-refractivity contribution in [2.24, 2.45) is 0 Å². The van der Waals surface area contributed by atoms with Gasteiger partial charge in [0.1, 0.15) is 29.5 Å². The maximum Gasteiger partial charge on any atom is 0.405 e. The summed E-state index contributed by atoms with van der Waals surface area (Å²) in [6.07, 6.45) is -3.82. The molecule has 0 atom stereocenters. The minimum absolute atomic E-state index is 0.0674. The summed E-state index contributed by atoms with van der Waals surface area (Å²) in [5, 5.41) is 8.05. The van der Waals surface area contributed by atoms with Gasteiger partial charge in [-0.25, -0.2) is 4.39 Å². The zero-order valence-electron chi connectivity index (χ0n) is 22.0. The molecule has 0 saturated carbocycles. The van der Waals surface area contributed by atoms with Crippen molar-refractivity contribution in [2.45, 2.75) is 19.5 Å². The lowest BCUT2D eigenvalue weighted by atomic mass is 9.96. The van der Waals surface area contributed by atoms with Gasteiger partial charge < -0.3 is 25.1 Å². The summed E-state index contributed by atoms with van der Waals surface area (Å²) < 4.78 is 64.5. The van der Waals surface area contributed by atoms with Crippen molar-refractivity contribution in [1.82, 2.24) is 10.6 Å². The lowest BCUT2D eigenvalue weighted by Crippen LogP contribution is -2.24. The predicted octanol–water partition coefficient (Wildman–Crippen LogP) is 6.39. The van der Waals surface area contributed by atoms with E-state index in [-0.39, 0.29) is 33.9 Å². The number of furan rings is 1. The summed E-state index contributed by atoms with van der Waals surface area (Å²) in [7, 11) is 2.84. The van der Waals surface area contributed by atoms with Crippen LogP contribution >= 0.6 is 0 Å². The van der Waals surface area contributed by atoms with E-state index < -0.39 is 30.4 Å². The number of halogens is 4. The van der Waals surface area contributed by atoms with Gasteiger partial charge in [0.2, 0.25) is 0 Å². The number of benzene rings is 3. The van der Waals surface area contributed by atoms with Crippen LogP contribution in [-0.4, -0.2) is 45.2 Å². The SMILES string of the molecule is CCCNC(=O)c1cc(-c2cc3c(C(=O)NC)c(-c4ccc(F)cc4)oc3cc2NCC(F)(F)F)ccc1OC. The van der Waals surface area contributed by atoms with Crippen LogP contribution < -0.4 is 20.7 Å². The summed E-state index contributed by atoms with van der Waals surface area (Å²) >= 11 is 0. The van der Waals surface area contributed by atoms with Crippen molar-refractivity contribution in [3.8, 4) is 28.2 Å². The fourth-order valence-corrected chi connectivity index (χ4v) is 4.27. The summed E-state index contributed by atoms with van der Waals surface area (Å²) in [5.41, 5.74) is 1.63. The highest BCUT2D eigenvalue weighted by Gasteiger charge is 2.29. The smallest absolute Gasteiger partial charge is 0.405 e. The number of rotatable bonds is 9. The molecule has 0 saturated heterocycles. The second-order valence-electron chi connectivity index (χ2n) is 8.93. The second kappa shape index (κ2) is 11.7. The fourth-order valence-electron chi connectivity index (χ4n) is 4.27. The predicted molar refractivity (Wildman–Crippen MR) is 144 cm³/mol. The molecule has 4 aromatic rings.